The van der Waals surface area contributed by atoms with Crippen LogP contribution >= 0.6 is 0 Å². The first-order valence-corrected chi connectivity index (χ1v) is 12.0. The quantitative estimate of drug-likeness (QED) is 0.354. The van der Waals surface area contributed by atoms with Gasteiger partial charge in [0.15, 0.2) is 0 Å². The van der Waals surface area contributed by atoms with Crippen LogP contribution in [0, 0.1) is 6.92 Å². The first kappa shape index (κ1) is 24.5. The van der Waals surface area contributed by atoms with Gasteiger partial charge in [0, 0.05) is 6.54 Å². The molecular weight excluding hydrogens is 441 g/mol. The Bertz CT molecular complexity index is 1010. The van der Waals surface area contributed by atoms with Crippen LogP contribution < -0.4 is 0 Å². The van der Waals surface area contributed by atoms with Crippen molar-refractivity contribution in [1.82, 2.24) is 9.80 Å². The summed E-state index contributed by atoms with van der Waals surface area (Å²) in [5.41, 5.74) is 1.44. The van der Waals surface area contributed by atoms with Gasteiger partial charge in [0.25, 0.3) is 11.8 Å². The van der Waals surface area contributed by atoms with Gasteiger partial charge in [-0.1, -0.05) is 37.1 Å². The Kier molecular flexibility index (Phi) is 7.41. The maximum atomic E-state index is 13.4. The van der Waals surface area contributed by atoms with Crippen molar-refractivity contribution in [3.8, 4) is 0 Å². The van der Waals surface area contributed by atoms with E-state index < -0.39 is 11.7 Å². The van der Waals surface area contributed by atoms with Gasteiger partial charge in [-0.15, -0.1) is 0 Å². The minimum atomic E-state index is -4.34. The molecule has 2 aliphatic heterocycles. The number of likely N-dealkylation sites (tertiary alicyclic amines) is 1. The zero-order chi connectivity index (χ0) is 24.3. The summed E-state index contributed by atoms with van der Waals surface area (Å²) in [6.45, 7) is 6.74. The second-order valence-electron chi connectivity index (χ2n) is 9.26. The number of nitrogens with zero attached hydrogens (tertiary/aromatic N) is 2. The zero-order valence-corrected chi connectivity index (χ0v) is 19.2. The summed E-state index contributed by atoms with van der Waals surface area (Å²) in [4.78, 5) is 28.4. The molecular formula is C27H30F3N2O2. The number of halogens is 3. The molecule has 2 aliphatic rings. The van der Waals surface area contributed by atoms with E-state index >= 15 is 0 Å². The van der Waals surface area contributed by atoms with E-state index in [0.29, 0.717) is 41.6 Å². The van der Waals surface area contributed by atoms with Gasteiger partial charge in [0.1, 0.15) is 0 Å². The van der Waals surface area contributed by atoms with Gasteiger partial charge in [0.05, 0.1) is 16.7 Å². The summed E-state index contributed by atoms with van der Waals surface area (Å²) in [7, 11) is 0. The predicted molar refractivity (Wildman–Crippen MR) is 125 cm³/mol. The molecule has 2 aromatic rings. The molecule has 0 unspecified atom stereocenters. The Morgan fingerprint density at radius 3 is 2.03 bits per heavy atom. The number of hydrogen-bond acceptors (Lipinski definition) is 3. The Morgan fingerprint density at radius 2 is 1.44 bits per heavy atom. The molecule has 2 aromatic carbocycles. The van der Waals surface area contributed by atoms with Gasteiger partial charge in [-0.05, 0) is 87.5 Å². The summed E-state index contributed by atoms with van der Waals surface area (Å²) in [5.74, 6) is -0.502. The number of piperidine rings is 1. The first-order chi connectivity index (χ1) is 16.3. The fourth-order valence-corrected chi connectivity index (χ4v) is 5.08. The largest absolute Gasteiger partial charge is 0.416 e. The molecule has 7 heteroatoms. The molecule has 1 radical (unpaired) electrons. The lowest BCUT2D eigenvalue weighted by Gasteiger charge is -2.33. The van der Waals surface area contributed by atoms with Crippen molar-refractivity contribution in [2.45, 2.75) is 50.6 Å². The minimum absolute atomic E-state index is 0.0887. The lowest BCUT2D eigenvalue weighted by Crippen LogP contribution is -2.34. The number of carbonyl (C=O) groups is 2. The lowest BCUT2D eigenvalue weighted by molar-refractivity contribution is -0.138. The van der Waals surface area contributed by atoms with Crippen molar-refractivity contribution in [2.75, 3.05) is 26.2 Å². The average molecular weight is 472 g/mol. The van der Waals surface area contributed by atoms with Crippen LogP contribution in [0.25, 0.3) is 0 Å². The molecule has 0 atom stereocenters. The number of rotatable bonds is 8. The third-order valence-corrected chi connectivity index (χ3v) is 6.93. The molecule has 0 saturated carbocycles. The molecule has 181 valence electrons. The highest BCUT2D eigenvalue weighted by Crippen LogP contribution is 2.39. The summed E-state index contributed by atoms with van der Waals surface area (Å²) < 4.78 is 40.3. The Labute approximate surface area is 198 Å². The molecule has 4 nitrogen and oxygen atoms in total. The summed E-state index contributed by atoms with van der Waals surface area (Å²) in [6, 6.07) is 11.1. The second-order valence-corrected chi connectivity index (χ2v) is 9.26. The van der Waals surface area contributed by atoms with Crippen molar-refractivity contribution in [3.05, 3.63) is 77.2 Å². The van der Waals surface area contributed by atoms with E-state index in [1.54, 1.807) is 30.3 Å². The Balaban J connectivity index is 1.16. The van der Waals surface area contributed by atoms with E-state index in [-0.39, 0.29) is 17.7 Å². The highest BCUT2D eigenvalue weighted by atomic mass is 19.4. The van der Waals surface area contributed by atoms with Crippen LogP contribution in [-0.2, 0) is 6.18 Å². The molecule has 1 saturated heterocycles. The molecule has 2 heterocycles. The number of hydrogen-bond donors (Lipinski definition) is 0. The van der Waals surface area contributed by atoms with Crippen LogP contribution in [0.2, 0.25) is 0 Å². The number of imide groups is 1. The minimum Gasteiger partial charge on any atom is -0.303 e. The third-order valence-electron chi connectivity index (χ3n) is 6.93. The first-order valence-electron chi connectivity index (χ1n) is 12.0. The van der Waals surface area contributed by atoms with Crippen molar-refractivity contribution in [2.24, 2.45) is 0 Å². The molecule has 0 aromatic heterocycles. The summed E-state index contributed by atoms with van der Waals surface area (Å²) in [6.07, 6.45) is 0.774. The van der Waals surface area contributed by atoms with Crippen molar-refractivity contribution in [1.29, 1.82) is 0 Å². The fraction of sp³-hybridized carbons (Fsp3) is 0.444. The van der Waals surface area contributed by atoms with E-state index in [9.17, 15) is 22.8 Å². The number of carbonyl (C=O) groups excluding carboxylic acids is 2. The van der Waals surface area contributed by atoms with Gasteiger partial charge < -0.3 is 4.90 Å². The summed E-state index contributed by atoms with van der Waals surface area (Å²) >= 11 is 0. The van der Waals surface area contributed by atoms with Crippen LogP contribution in [0.15, 0.2) is 42.5 Å². The van der Waals surface area contributed by atoms with Gasteiger partial charge in [0.2, 0.25) is 0 Å². The molecule has 34 heavy (non-hydrogen) atoms. The second kappa shape index (κ2) is 10.3. The monoisotopic (exact) mass is 471 g/mol. The fourth-order valence-electron chi connectivity index (χ4n) is 5.08. The Morgan fingerprint density at radius 1 is 0.853 bits per heavy atom. The molecule has 2 amide bonds. The maximum absolute atomic E-state index is 13.4. The SMILES string of the molecule is [CH2]c1ccc(C(F)(F)F)c(C2CCN(CCCCCCN3C(=O)c4ccccc4C3=O)CC2)c1. The normalized spacial score (nSPS) is 17.5. The highest BCUT2D eigenvalue weighted by molar-refractivity contribution is 6.21. The smallest absolute Gasteiger partial charge is 0.303 e. The van der Waals surface area contributed by atoms with Gasteiger partial charge in [-0.2, -0.15) is 13.2 Å². The number of benzene rings is 2. The predicted octanol–water partition coefficient (Wildman–Crippen LogP) is 5.92. The van der Waals surface area contributed by atoms with Crippen LogP contribution in [0.3, 0.4) is 0 Å². The van der Waals surface area contributed by atoms with Gasteiger partial charge in [-0.25, -0.2) is 0 Å². The maximum Gasteiger partial charge on any atom is 0.416 e. The van der Waals surface area contributed by atoms with E-state index in [2.05, 4.69) is 11.8 Å². The lowest BCUT2D eigenvalue weighted by atomic mass is 9.85. The van der Waals surface area contributed by atoms with E-state index in [0.717, 1.165) is 51.4 Å². The highest BCUT2D eigenvalue weighted by Gasteiger charge is 2.36. The average Bonchev–Trinajstić information content (AvgIpc) is 3.05. The van der Waals surface area contributed by atoms with Gasteiger partial charge in [-0.3, -0.25) is 14.5 Å². The van der Waals surface area contributed by atoms with Crippen molar-refractivity contribution < 1.29 is 22.8 Å². The number of fused-ring (bicyclic) bond motifs is 1. The number of unbranched alkanes of at least 4 members (excludes halogenated alkanes) is 3. The van der Waals surface area contributed by atoms with E-state index in [1.807, 2.05) is 0 Å². The van der Waals surface area contributed by atoms with Crippen LogP contribution in [-0.4, -0.2) is 47.8 Å². The molecule has 0 spiro atoms. The van der Waals surface area contributed by atoms with Crippen LogP contribution in [0.5, 0.6) is 0 Å². The van der Waals surface area contributed by atoms with E-state index in [1.165, 1.54) is 11.0 Å². The van der Waals surface area contributed by atoms with Gasteiger partial charge >= 0.3 is 6.18 Å². The molecule has 4 rings (SSSR count). The number of amides is 2. The van der Waals surface area contributed by atoms with Crippen LogP contribution in [0.4, 0.5) is 13.2 Å². The number of alkyl halides is 3. The zero-order valence-electron chi connectivity index (χ0n) is 19.2. The van der Waals surface area contributed by atoms with Crippen molar-refractivity contribution >= 4 is 11.8 Å². The topological polar surface area (TPSA) is 40.6 Å². The molecule has 0 N–H and O–H groups in total. The molecule has 0 bridgehead atoms. The van der Waals surface area contributed by atoms with Crippen LogP contribution in [0.1, 0.15) is 81.8 Å². The summed E-state index contributed by atoms with van der Waals surface area (Å²) in [5, 5.41) is 0. The Hall–Kier alpha value is -2.67. The standard InChI is InChI=1S/C27H30F3N2O2/c1-19-10-11-24(27(28,29)30)23(18-19)20-12-16-31(17-13-20)14-6-2-3-7-15-32-25(33)21-8-4-5-9-22(21)26(32)34/h4-5,8-11,18,20H,1-3,6-7,12-17H2. The molecule has 1 fully saturated rings. The molecule has 0 aliphatic carbocycles. The van der Waals surface area contributed by atoms with E-state index in [4.69, 9.17) is 0 Å². The van der Waals surface area contributed by atoms with Crippen molar-refractivity contribution in [3.63, 3.8) is 0 Å². The third kappa shape index (κ3) is 5.35.